The maximum atomic E-state index is 10.6. The van der Waals surface area contributed by atoms with Crippen molar-refractivity contribution >= 4 is 17.6 Å². The molecule has 15 heavy (non-hydrogen) atoms. The highest BCUT2D eigenvalue weighted by Gasteiger charge is 2.08. The molecule has 5 nitrogen and oxygen atoms in total. The summed E-state index contributed by atoms with van der Waals surface area (Å²) >= 11 is 5.78. The fraction of sp³-hybridized carbons (Fsp3) is 0. The molecule has 6 heteroatoms. The molecule has 0 spiro atoms. The number of hydrogen-bond acceptors (Lipinski definition) is 3. The molecule has 0 unspecified atom stereocenters. The molecule has 76 valence electrons. The SMILES string of the molecule is O=C(O)c1cnn(-c2cccc(Cl)c2)n1. The smallest absolute Gasteiger partial charge is 0.358 e. The molecule has 1 aromatic heterocycles. The van der Waals surface area contributed by atoms with Crippen LogP contribution in [0.1, 0.15) is 10.5 Å². The van der Waals surface area contributed by atoms with Gasteiger partial charge in [-0.05, 0) is 18.2 Å². The van der Waals surface area contributed by atoms with Crippen LogP contribution in [-0.2, 0) is 0 Å². The van der Waals surface area contributed by atoms with Crippen molar-refractivity contribution in [3.05, 3.63) is 41.2 Å². The normalized spacial score (nSPS) is 10.2. The van der Waals surface area contributed by atoms with Crippen LogP contribution in [-0.4, -0.2) is 26.1 Å². The van der Waals surface area contributed by atoms with E-state index in [0.29, 0.717) is 10.7 Å². The molecule has 0 fully saturated rings. The summed E-state index contributed by atoms with van der Waals surface area (Å²) in [5, 5.41) is 16.8. The second kappa shape index (κ2) is 3.70. The van der Waals surface area contributed by atoms with Crippen LogP contribution in [0.3, 0.4) is 0 Å². The number of nitrogens with zero attached hydrogens (tertiary/aromatic N) is 3. The predicted octanol–water partition coefficient (Wildman–Crippen LogP) is 1.62. The Morgan fingerprint density at radius 1 is 1.47 bits per heavy atom. The van der Waals surface area contributed by atoms with Gasteiger partial charge in [-0.15, -0.1) is 5.10 Å². The lowest BCUT2D eigenvalue weighted by Crippen LogP contribution is -2.01. The molecule has 0 saturated heterocycles. The number of carbonyl (C=O) groups is 1. The Hall–Kier alpha value is -1.88. The third-order valence-electron chi connectivity index (χ3n) is 1.75. The molecule has 0 saturated carbocycles. The summed E-state index contributed by atoms with van der Waals surface area (Å²) in [6, 6.07) is 6.83. The summed E-state index contributed by atoms with van der Waals surface area (Å²) in [5.41, 5.74) is 0.518. The van der Waals surface area contributed by atoms with Crippen molar-refractivity contribution < 1.29 is 9.90 Å². The van der Waals surface area contributed by atoms with E-state index >= 15 is 0 Å². The van der Waals surface area contributed by atoms with E-state index in [0.717, 1.165) is 0 Å². The van der Waals surface area contributed by atoms with Gasteiger partial charge in [0.1, 0.15) is 0 Å². The lowest BCUT2D eigenvalue weighted by atomic mass is 10.3. The molecule has 0 radical (unpaired) electrons. The zero-order valence-electron chi connectivity index (χ0n) is 7.46. The Labute approximate surface area is 89.9 Å². The maximum absolute atomic E-state index is 10.6. The average molecular weight is 224 g/mol. The molecule has 0 aliphatic heterocycles. The van der Waals surface area contributed by atoms with Crippen LogP contribution in [0, 0.1) is 0 Å². The number of benzene rings is 1. The Morgan fingerprint density at radius 3 is 2.87 bits per heavy atom. The van der Waals surface area contributed by atoms with Crippen molar-refractivity contribution in [2.45, 2.75) is 0 Å². The first kappa shape index (κ1) is 9.67. The van der Waals surface area contributed by atoms with Gasteiger partial charge < -0.3 is 5.11 Å². The van der Waals surface area contributed by atoms with Crippen molar-refractivity contribution in [3.63, 3.8) is 0 Å². The van der Waals surface area contributed by atoms with Gasteiger partial charge in [-0.2, -0.15) is 9.90 Å². The number of rotatable bonds is 2. The second-order valence-corrected chi connectivity index (χ2v) is 3.24. The maximum Gasteiger partial charge on any atom is 0.358 e. The molecule has 1 heterocycles. The van der Waals surface area contributed by atoms with Crippen molar-refractivity contribution in [1.82, 2.24) is 15.0 Å². The summed E-state index contributed by atoms with van der Waals surface area (Å²) < 4.78 is 0. The van der Waals surface area contributed by atoms with Gasteiger partial charge in [-0.1, -0.05) is 17.7 Å². The number of halogens is 1. The van der Waals surface area contributed by atoms with Gasteiger partial charge in [-0.3, -0.25) is 0 Å². The minimum absolute atomic E-state index is 0.102. The molecule has 0 aliphatic carbocycles. The number of aromatic nitrogens is 3. The van der Waals surface area contributed by atoms with E-state index < -0.39 is 5.97 Å². The number of carboxylic acid groups (broad SMARTS) is 1. The monoisotopic (exact) mass is 223 g/mol. The topological polar surface area (TPSA) is 68.0 Å². The van der Waals surface area contributed by atoms with Crippen molar-refractivity contribution in [2.24, 2.45) is 0 Å². The van der Waals surface area contributed by atoms with E-state index in [2.05, 4.69) is 10.2 Å². The molecule has 0 bridgehead atoms. The number of aromatic carboxylic acids is 1. The van der Waals surface area contributed by atoms with Crippen LogP contribution in [0.5, 0.6) is 0 Å². The van der Waals surface area contributed by atoms with Crippen molar-refractivity contribution in [1.29, 1.82) is 0 Å². The molecular weight excluding hydrogens is 218 g/mol. The predicted molar refractivity (Wildman–Crippen MR) is 53.3 cm³/mol. The highest BCUT2D eigenvalue weighted by molar-refractivity contribution is 6.30. The van der Waals surface area contributed by atoms with Gasteiger partial charge in [0.2, 0.25) is 0 Å². The first-order valence-corrected chi connectivity index (χ1v) is 4.46. The molecule has 2 aromatic rings. The van der Waals surface area contributed by atoms with Crippen LogP contribution >= 0.6 is 11.6 Å². The van der Waals surface area contributed by atoms with Crippen LogP contribution < -0.4 is 0 Å². The van der Waals surface area contributed by atoms with Crippen LogP contribution in [0.15, 0.2) is 30.5 Å². The molecular formula is C9H6ClN3O2. The molecule has 2 rings (SSSR count). The quantitative estimate of drug-likeness (QED) is 0.840. The van der Waals surface area contributed by atoms with Crippen molar-refractivity contribution in [2.75, 3.05) is 0 Å². The lowest BCUT2D eigenvalue weighted by molar-refractivity contribution is 0.0690. The second-order valence-electron chi connectivity index (χ2n) is 2.80. The lowest BCUT2D eigenvalue weighted by Gasteiger charge is -1.98. The van der Waals surface area contributed by atoms with E-state index in [-0.39, 0.29) is 5.69 Å². The molecule has 0 amide bonds. The standard InChI is InChI=1S/C9H6ClN3O2/c10-6-2-1-3-7(4-6)13-11-5-8(12-13)9(14)15/h1-5H,(H,14,15). The zero-order valence-corrected chi connectivity index (χ0v) is 8.22. The van der Waals surface area contributed by atoms with E-state index in [4.69, 9.17) is 16.7 Å². The largest absolute Gasteiger partial charge is 0.476 e. The molecule has 1 aromatic carbocycles. The van der Waals surface area contributed by atoms with Gasteiger partial charge in [0, 0.05) is 5.02 Å². The third-order valence-corrected chi connectivity index (χ3v) is 1.99. The fourth-order valence-electron chi connectivity index (χ4n) is 1.09. The Kier molecular flexibility index (Phi) is 2.39. The van der Waals surface area contributed by atoms with E-state index in [1.807, 2.05) is 0 Å². The first-order chi connectivity index (χ1) is 7.16. The first-order valence-electron chi connectivity index (χ1n) is 4.08. The van der Waals surface area contributed by atoms with Gasteiger partial charge in [0.15, 0.2) is 5.69 Å². The third kappa shape index (κ3) is 1.97. The van der Waals surface area contributed by atoms with Gasteiger partial charge >= 0.3 is 5.97 Å². The molecule has 0 atom stereocenters. The number of carboxylic acids is 1. The van der Waals surface area contributed by atoms with Gasteiger partial charge in [0.05, 0.1) is 11.9 Å². The van der Waals surface area contributed by atoms with Crippen LogP contribution in [0.2, 0.25) is 5.02 Å². The highest BCUT2D eigenvalue weighted by Crippen LogP contribution is 2.13. The van der Waals surface area contributed by atoms with E-state index in [9.17, 15) is 4.79 Å². The molecule has 1 N–H and O–H groups in total. The Balaban J connectivity index is 2.41. The summed E-state index contributed by atoms with van der Waals surface area (Å²) in [6.45, 7) is 0. The van der Waals surface area contributed by atoms with E-state index in [1.165, 1.54) is 11.0 Å². The van der Waals surface area contributed by atoms with E-state index in [1.54, 1.807) is 24.3 Å². The summed E-state index contributed by atoms with van der Waals surface area (Å²) in [7, 11) is 0. The van der Waals surface area contributed by atoms with Crippen molar-refractivity contribution in [3.8, 4) is 5.69 Å². The minimum Gasteiger partial charge on any atom is -0.476 e. The fourth-order valence-corrected chi connectivity index (χ4v) is 1.27. The van der Waals surface area contributed by atoms with Crippen LogP contribution in [0.4, 0.5) is 0 Å². The Bertz CT molecular complexity index is 510. The number of hydrogen-bond donors (Lipinski definition) is 1. The summed E-state index contributed by atoms with van der Waals surface area (Å²) in [5.74, 6) is -1.11. The van der Waals surface area contributed by atoms with Crippen LogP contribution in [0.25, 0.3) is 5.69 Å². The van der Waals surface area contributed by atoms with Gasteiger partial charge in [-0.25, -0.2) is 4.79 Å². The average Bonchev–Trinajstić information content (AvgIpc) is 2.66. The highest BCUT2D eigenvalue weighted by atomic mass is 35.5. The van der Waals surface area contributed by atoms with Gasteiger partial charge in [0.25, 0.3) is 0 Å². The summed E-state index contributed by atoms with van der Waals surface area (Å²) in [4.78, 5) is 11.8. The minimum atomic E-state index is -1.11. The summed E-state index contributed by atoms with van der Waals surface area (Å²) in [6.07, 6.45) is 1.18. The Morgan fingerprint density at radius 2 is 2.27 bits per heavy atom. The molecule has 0 aliphatic rings. The zero-order chi connectivity index (χ0) is 10.8.